The summed E-state index contributed by atoms with van der Waals surface area (Å²) < 4.78 is 10.5. The van der Waals surface area contributed by atoms with E-state index in [1.54, 1.807) is 20.3 Å². The number of nitrogens with one attached hydrogen (secondary N) is 1. The summed E-state index contributed by atoms with van der Waals surface area (Å²) in [6, 6.07) is 5.50. The highest BCUT2D eigenvalue weighted by Gasteiger charge is 2.06. The highest BCUT2D eigenvalue weighted by atomic mass is 16.5. The Morgan fingerprint density at radius 2 is 1.89 bits per heavy atom. The van der Waals surface area contributed by atoms with Gasteiger partial charge in [0, 0.05) is 12.6 Å². The van der Waals surface area contributed by atoms with E-state index in [1.165, 1.54) is 6.08 Å². The molecule has 0 fully saturated rings. The van der Waals surface area contributed by atoms with E-state index in [2.05, 4.69) is 12.2 Å². The van der Waals surface area contributed by atoms with Crippen molar-refractivity contribution < 1.29 is 14.3 Å². The van der Waals surface area contributed by atoms with E-state index < -0.39 is 0 Å². The van der Waals surface area contributed by atoms with E-state index in [9.17, 15) is 4.79 Å². The van der Waals surface area contributed by atoms with Gasteiger partial charge in [-0.25, -0.2) is 0 Å². The van der Waals surface area contributed by atoms with Crippen LogP contribution in [0.15, 0.2) is 24.3 Å². The van der Waals surface area contributed by atoms with Crippen molar-refractivity contribution in [2.45, 2.75) is 19.8 Å². The maximum absolute atomic E-state index is 11.6. The van der Waals surface area contributed by atoms with Gasteiger partial charge in [0.15, 0.2) is 0 Å². The minimum Gasteiger partial charge on any atom is -0.496 e. The predicted molar refractivity (Wildman–Crippen MR) is 76.5 cm³/mol. The molecule has 1 amide bonds. The minimum absolute atomic E-state index is 0.110. The first-order chi connectivity index (χ1) is 9.22. The molecule has 19 heavy (non-hydrogen) atoms. The summed E-state index contributed by atoms with van der Waals surface area (Å²) in [6.07, 6.45) is 5.25. The number of unbranched alkanes of at least 4 members (excludes halogenated alkanes) is 1. The fourth-order valence-electron chi connectivity index (χ4n) is 1.65. The first-order valence-corrected chi connectivity index (χ1v) is 6.39. The largest absolute Gasteiger partial charge is 0.496 e. The van der Waals surface area contributed by atoms with Gasteiger partial charge in [0.05, 0.1) is 19.8 Å². The topological polar surface area (TPSA) is 47.6 Å². The summed E-state index contributed by atoms with van der Waals surface area (Å²) in [5.74, 6) is 1.25. The second kappa shape index (κ2) is 8.19. The molecule has 104 valence electrons. The monoisotopic (exact) mass is 263 g/mol. The summed E-state index contributed by atoms with van der Waals surface area (Å²) in [4.78, 5) is 11.6. The van der Waals surface area contributed by atoms with Gasteiger partial charge in [-0.3, -0.25) is 4.79 Å². The van der Waals surface area contributed by atoms with Gasteiger partial charge in [-0.15, -0.1) is 0 Å². The fourth-order valence-corrected chi connectivity index (χ4v) is 1.65. The number of hydrogen-bond acceptors (Lipinski definition) is 3. The summed E-state index contributed by atoms with van der Waals surface area (Å²) in [5.41, 5.74) is 0.762. The number of amides is 1. The zero-order chi connectivity index (χ0) is 14.1. The van der Waals surface area contributed by atoms with Gasteiger partial charge >= 0.3 is 0 Å². The number of ether oxygens (including phenoxy) is 2. The summed E-state index contributed by atoms with van der Waals surface area (Å²) in [6.45, 7) is 2.78. The molecule has 4 nitrogen and oxygen atoms in total. The lowest BCUT2D eigenvalue weighted by Gasteiger charge is -2.09. The van der Waals surface area contributed by atoms with Crippen LogP contribution in [0.2, 0.25) is 0 Å². The van der Waals surface area contributed by atoms with Crippen LogP contribution in [-0.2, 0) is 4.79 Å². The molecule has 1 rings (SSSR count). The molecule has 0 aromatic heterocycles. The highest BCUT2D eigenvalue weighted by Crippen LogP contribution is 2.29. The molecule has 0 aliphatic rings. The van der Waals surface area contributed by atoms with Gasteiger partial charge in [-0.05, 0) is 24.6 Å². The molecule has 1 aromatic carbocycles. The maximum atomic E-state index is 11.6. The van der Waals surface area contributed by atoms with Crippen molar-refractivity contribution in [1.82, 2.24) is 5.32 Å². The van der Waals surface area contributed by atoms with Crippen molar-refractivity contribution >= 4 is 12.0 Å². The molecular weight excluding hydrogens is 242 g/mol. The second-order valence-electron chi connectivity index (χ2n) is 4.05. The van der Waals surface area contributed by atoms with Crippen molar-refractivity contribution in [2.24, 2.45) is 0 Å². The molecule has 0 radical (unpaired) electrons. The van der Waals surface area contributed by atoms with Crippen LogP contribution in [0.5, 0.6) is 11.5 Å². The van der Waals surface area contributed by atoms with Crippen LogP contribution in [0.25, 0.3) is 6.08 Å². The van der Waals surface area contributed by atoms with Crippen molar-refractivity contribution in [2.75, 3.05) is 20.8 Å². The van der Waals surface area contributed by atoms with Gasteiger partial charge in [-0.2, -0.15) is 0 Å². The molecule has 0 unspecified atom stereocenters. The van der Waals surface area contributed by atoms with Crippen LogP contribution in [0, 0.1) is 0 Å². The van der Waals surface area contributed by atoms with Crippen LogP contribution < -0.4 is 14.8 Å². The molecule has 1 N–H and O–H groups in total. The van der Waals surface area contributed by atoms with E-state index in [4.69, 9.17) is 9.47 Å². The van der Waals surface area contributed by atoms with Crippen molar-refractivity contribution in [1.29, 1.82) is 0 Å². The molecule has 1 aromatic rings. The van der Waals surface area contributed by atoms with Gasteiger partial charge in [0.2, 0.25) is 5.91 Å². The fraction of sp³-hybridized carbons (Fsp3) is 0.400. The lowest BCUT2D eigenvalue weighted by Crippen LogP contribution is -2.21. The number of carbonyl (C=O) groups excluding carboxylic acids is 1. The predicted octanol–water partition coefficient (Wildman–Crippen LogP) is 2.63. The van der Waals surface area contributed by atoms with E-state index in [0.717, 1.165) is 18.4 Å². The molecule has 0 saturated heterocycles. The highest BCUT2D eigenvalue weighted by molar-refractivity contribution is 5.92. The van der Waals surface area contributed by atoms with E-state index >= 15 is 0 Å². The molecule has 0 bridgehead atoms. The second-order valence-corrected chi connectivity index (χ2v) is 4.05. The lowest BCUT2D eigenvalue weighted by atomic mass is 10.1. The van der Waals surface area contributed by atoms with Crippen LogP contribution in [0.4, 0.5) is 0 Å². The quantitative estimate of drug-likeness (QED) is 0.607. The third-order valence-electron chi connectivity index (χ3n) is 2.70. The van der Waals surface area contributed by atoms with Gasteiger partial charge in [-0.1, -0.05) is 19.4 Å². The van der Waals surface area contributed by atoms with Crippen LogP contribution in [0.1, 0.15) is 25.3 Å². The number of hydrogen-bond donors (Lipinski definition) is 1. The Kier molecular flexibility index (Phi) is 6.50. The molecule has 0 heterocycles. The van der Waals surface area contributed by atoms with Crippen molar-refractivity contribution in [3.05, 3.63) is 29.8 Å². The van der Waals surface area contributed by atoms with Gasteiger partial charge in [0.25, 0.3) is 0 Å². The minimum atomic E-state index is -0.110. The Morgan fingerprint density at radius 1 is 1.26 bits per heavy atom. The Labute approximate surface area is 114 Å². The number of rotatable bonds is 7. The lowest BCUT2D eigenvalue weighted by molar-refractivity contribution is -0.116. The van der Waals surface area contributed by atoms with E-state index in [1.807, 2.05) is 18.2 Å². The Morgan fingerprint density at radius 3 is 2.42 bits per heavy atom. The molecule has 0 spiro atoms. The first kappa shape index (κ1) is 15.1. The van der Waals surface area contributed by atoms with Gasteiger partial charge in [0.1, 0.15) is 11.5 Å². The Hall–Kier alpha value is -1.97. The molecule has 0 aliphatic carbocycles. The smallest absolute Gasteiger partial charge is 0.244 e. The van der Waals surface area contributed by atoms with E-state index in [-0.39, 0.29) is 5.91 Å². The summed E-state index contributed by atoms with van der Waals surface area (Å²) in [5, 5.41) is 2.82. The van der Waals surface area contributed by atoms with Crippen LogP contribution in [0.3, 0.4) is 0 Å². The van der Waals surface area contributed by atoms with Crippen molar-refractivity contribution in [3.63, 3.8) is 0 Å². The zero-order valence-electron chi connectivity index (χ0n) is 11.7. The third-order valence-corrected chi connectivity index (χ3v) is 2.70. The normalized spacial score (nSPS) is 10.5. The summed E-state index contributed by atoms with van der Waals surface area (Å²) >= 11 is 0. The number of carbonyl (C=O) groups is 1. The van der Waals surface area contributed by atoms with Crippen LogP contribution in [-0.4, -0.2) is 26.7 Å². The van der Waals surface area contributed by atoms with Crippen molar-refractivity contribution in [3.8, 4) is 11.5 Å². The Balaban J connectivity index is 2.77. The zero-order valence-corrected chi connectivity index (χ0v) is 11.7. The molecule has 0 saturated carbocycles. The maximum Gasteiger partial charge on any atom is 0.244 e. The number of benzene rings is 1. The first-order valence-electron chi connectivity index (χ1n) is 6.39. The molecule has 4 heteroatoms. The molecule has 0 atom stereocenters. The average molecular weight is 263 g/mol. The van der Waals surface area contributed by atoms with Crippen LogP contribution >= 0.6 is 0 Å². The SMILES string of the molecule is CCCCNC(=O)C=Cc1c(OC)cccc1OC. The standard InChI is InChI=1S/C15H21NO3/c1-4-5-11-16-15(17)10-9-12-13(18-2)7-6-8-14(12)19-3/h6-10H,4-5,11H2,1-3H3,(H,16,17). The third kappa shape index (κ3) is 4.66. The average Bonchev–Trinajstić information content (AvgIpc) is 2.44. The number of methoxy groups -OCH3 is 2. The Bertz CT molecular complexity index is 419. The van der Waals surface area contributed by atoms with Gasteiger partial charge < -0.3 is 14.8 Å². The molecule has 0 aliphatic heterocycles. The van der Waals surface area contributed by atoms with E-state index in [0.29, 0.717) is 18.0 Å². The molecular formula is C15H21NO3. The summed E-state index contributed by atoms with van der Waals surface area (Å²) in [7, 11) is 3.18.